The molecule has 18 heavy (non-hydrogen) atoms. The van der Waals surface area contributed by atoms with Crippen molar-refractivity contribution in [1.82, 2.24) is 0 Å². The van der Waals surface area contributed by atoms with Crippen LogP contribution in [0.4, 0.5) is 0 Å². The Bertz CT molecular complexity index is 518. The molecule has 0 saturated heterocycles. The average molecular weight is 247 g/mol. The molecule has 0 aliphatic carbocycles. The lowest BCUT2D eigenvalue weighted by Gasteiger charge is -2.10. The molecule has 5 nitrogen and oxygen atoms in total. The average Bonchev–Trinajstić information content (AvgIpc) is 2.85. The lowest BCUT2D eigenvalue weighted by atomic mass is 9.96. The number of rotatable bonds is 4. The molecule has 1 atom stereocenters. The third-order valence-electron chi connectivity index (χ3n) is 2.79. The van der Waals surface area contributed by atoms with E-state index in [9.17, 15) is 4.79 Å². The van der Waals surface area contributed by atoms with Crippen molar-refractivity contribution in [2.45, 2.75) is 13.3 Å². The van der Waals surface area contributed by atoms with Crippen LogP contribution in [-0.2, 0) is 0 Å². The Hall–Kier alpha value is -2.22. The van der Waals surface area contributed by atoms with Gasteiger partial charge in [0.05, 0.1) is 13.2 Å². The molecule has 1 heterocycles. The van der Waals surface area contributed by atoms with Gasteiger partial charge in [-0.1, -0.05) is 6.92 Å². The highest BCUT2D eigenvalue weighted by molar-refractivity contribution is 5.99. The zero-order valence-corrected chi connectivity index (χ0v) is 10.2. The quantitative estimate of drug-likeness (QED) is 0.762. The first-order valence-corrected chi connectivity index (χ1v) is 5.56. The van der Waals surface area contributed by atoms with Crippen molar-refractivity contribution in [3.8, 4) is 23.3 Å². The minimum atomic E-state index is -0.347. The largest absolute Gasteiger partial charge is 0.493 e. The number of methoxy groups -OCH3 is 1. The van der Waals surface area contributed by atoms with Crippen LogP contribution in [-0.4, -0.2) is 19.7 Å². The minimum absolute atomic E-state index is 0.104. The Kier molecular flexibility index (Phi) is 3.38. The van der Waals surface area contributed by atoms with Crippen molar-refractivity contribution >= 4 is 5.78 Å². The second kappa shape index (κ2) is 4.96. The van der Waals surface area contributed by atoms with E-state index >= 15 is 0 Å². The molecule has 1 aromatic carbocycles. The van der Waals surface area contributed by atoms with E-state index in [1.807, 2.05) is 6.07 Å². The number of ketones is 1. The molecule has 0 fully saturated rings. The number of Topliss-reactive ketones (excluding diaryl/α,β-unsaturated/α-hetero) is 1. The van der Waals surface area contributed by atoms with Gasteiger partial charge >= 0.3 is 0 Å². The molecule has 0 bridgehead atoms. The fourth-order valence-corrected chi connectivity index (χ4v) is 1.79. The Morgan fingerprint density at radius 2 is 2.33 bits per heavy atom. The number of carbonyl (C=O) groups is 1. The molecule has 1 aliphatic rings. The van der Waals surface area contributed by atoms with Gasteiger partial charge in [0.2, 0.25) is 12.5 Å². The van der Waals surface area contributed by atoms with E-state index in [4.69, 9.17) is 19.5 Å². The highest BCUT2D eigenvalue weighted by Gasteiger charge is 2.24. The second-order valence-electron chi connectivity index (χ2n) is 4.04. The topological polar surface area (TPSA) is 68.6 Å². The molecule has 1 aliphatic heterocycles. The first-order chi connectivity index (χ1) is 8.67. The molecule has 5 heteroatoms. The Morgan fingerprint density at radius 1 is 1.56 bits per heavy atom. The zero-order chi connectivity index (χ0) is 13.1. The highest BCUT2D eigenvalue weighted by Crippen LogP contribution is 2.42. The lowest BCUT2D eigenvalue weighted by Crippen LogP contribution is -2.10. The molecular formula is C13H13NO4. The fraction of sp³-hybridized carbons (Fsp3) is 0.385. The van der Waals surface area contributed by atoms with Crippen LogP contribution >= 0.6 is 0 Å². The van der Waals surface area contributed by atoms with Gasteiger partial charge in [-0.15, -0.1) is 0 Å². The highest BCUT2D eigenvalue weighted by atomic mass is 16.7. The van der Waals surface area contributed by atoms with Gasteiger partial charge in [0, 0.05) is 17.9 Å². The SMILES string of the molecule is COc1cc(C(=O)C(C)CC#N)cc2c1OCO2. The van der Waals surface area contributed by atoms with Crippen molar-refractivity contribution in [3.05, 3.63) is 17.7 Å². The Balaban J connectivity index is 2.35. The van der Waals surface area contributed by atoms with Crippen LogP contribution in [0.2, 0.25) is 0 Å². The summed E-state index contributed by atoms with van der Waals surface area (Å²) in [5.74, 6) is 1.04. The van der Waals surface area contributed by atoms with Gasteiger partial charge in [0.15, 0.2) is 17.3 Å². The van der Waals surface area contributed by atoms with Crippen molar-refractivity contribution in [1.29, 1.82) is 5.26 Å². The summed E-state index contributed by atoms with van der Waals surface area (Å²) < 4.78 is 15.7. The van der Waals surface area contributed by atoms with Crippen LogP contribution in [0.1, 0.15) is 23.7 Å². The fourth-order valence-electron chi connectivity index (χ4n) is 1.79. The molecule has 0 N–H and O–H groups in total. The molecular weight excluding hydrogens is 234 g/mol. The van der Waals surface area contributed by atoms with E-state index in [2.05, 4.69) is 0 Å². The number of ether oxygens (including phenoxy) is 3. The summed E-state index contributed by atoms with van der Waals surface area (Å²) in [6.07, 6.45) is 0.190. The van der Waals surface area contributed by atoms with E-state index in [1.54, 1.807) is 19.1 Å². The molecule has 0 spiro atoms. The Labute approximate surface area is 105 Å². The molecule has 0 radical (unpaired) electrons. The molecule has 0 amide bonds. The van der Waals surface area contributed by atoms with Crippen LogP contribution < -0.4 is 14.2 Å². The normalized spacial score (nSPS) is 13.8. The zero-order valence-electron chi connectivity index (χ0n) is 10.2. The summed E-state index contributed by atoms with van der Waals surface area (Å²) in [7, 11) is 1.50. The third kappa shape index (κ3) is 2.09. The van der Waals surface area contributed by atoms with Gasteiger partial charge in [0.25, 0.3) is 0 Å². The van der Waals surface area contributed by atoms with Crippen molar-refractivity contribution in [3.63, 3.8) is 0 Å². The van der Waals surface area contributed by atoms with Gasteiger partial charge in [-0.2, -0.15) is 5.26 Å². The summed E-state index contributed by atoms with van der Waals surface area (Å²) in [5, 5.41) is 8.62. The summed E-state index contributed by atoms with van der Waals surface area (Å²) in [4.78, 5) is 12.1. The van der Waals surface area contributed by atoms with Crippen LogP contribution in [0.3, 0.4) is 0 Å². The summed E-state index contributed by atoms with van der Waals surface area (Å²) >= 11 is 0. The number of hydrogen-bond acceptors (Lipinski definition) is 5. The predicted octanol–water partition coefficient (Wildman–Crippen LogP) is 2.16. The van der Waals surface area contributed by atoms with Gasteiger partial charge in [-0.05, 0) is 12.1 Å². The maximum absolute atomic E-state index is 12.1. The molecule has 2 rings (SSSR count). The van der Waals surface area contributed by atoms with Crippen LogP contribution in [0.5, 0.6) is 17.2 Å². The molecule has 0 aromatic heterocycles. The number of nitriles is 1. The van der Waals surface area contributed by atoms with E-state index in [-0.39, 0.29) is 24.9 Å². The first-order valence-electron chi connectivity index (χ1n) is 5.56. The van der Waals surface area contributed by atoms with Crippen molar-refractivity contribution < 1.29 is 19.0 Å². The van der Waals surface area contributed by atoms with E-state index in [0.29, 0.717) is 22.8 Å². The molecule has 94 valence electrons. The summed E-state index contributed by atoms with van der Waals surface area (Å²) in [6.45, 7) is 1.85. The number of benzene rings is 1. The van der Waals surface area contributed by atoms with Gasteiger partial charge < -0.3 is 14.2 Å². The van der Waals surface area contributed by atoms with Crippen LogP contribution in [0.25, 0.3) is 0 Å². The monoisotopic (exact) mass is 247 g/mol. The standard InChI is InChI=1S/C13H13NO4/c1-8(3-4-14)12(15)9-5-10(16-2)13-11(6-9)17-7-18-13/h5-6,8H,3,7H2,1-2H3. The number of hydrogen-bond donors (Lipinski definition) is 0. The van der Waals surface area contributed by atoms with Crippen LogP contribution in [0, 0.1) is 17.2 Å². The van der Waals surface area contributed by atoms with E-state index in [1.165, 1.54) is 7.11 Å². The predicted molar refractivity (Wildman–Crippen MR) is 62.8 cm³/mol. The van der Waals surface area contributed by atoms with E-state index < -0.39 is 0 Å². The van der Waals surface area contributed by atoms with Gasteiger partial charge in [-0.25, -0.2) is 0 Å². The lowest BCUT2D eigenvalue weighted by molar-refractivity contribution is 0.0931. The van der Waals surface area contributed by atoms with Gasteiger partial charge in [-0.3, -0.25) is 4.79 Å². The molecule has 1 unspecified atom stereocenters. The van der Waals surface area contributed by atoms with Crippen molar-refractivity contribution in [2.75, 3.05) is 13.9 Å². The number of fused-ring (bicyclic) bond motifs is 1. The van der Waals surface area contributed by atoms with E-state index in [0.717, 1.165) is 0 Å². The third-order valence-corrected chi connectivity index (χ3v) is 2.79. The Morgan fingerprint density at radius 3 is 3.00 bits per heavy atom. The second-order valence-corrected chi connectivity index (χ2v) is 4.04. The minimum Gasteiger partial charge on any atom is -0.493 e. The maximum Gasteiger partial charge on any atom is 0.231 e. The number of nitrogens with zero attached hydrogens (tertiary/aromatic N) is 1. The molecule has 1 aromatic rings. The van der Waals surface area contributed by atoms with Crippen molar-refractivity contribution in [2.24, 2.45) is 5.92 Å². The molecule has 0 saturated carbocycles. The summed E-state index contributed by atoms with van der Waals surface area (Å²) in [5.41, 5.74) is 0.471. The summed E-state index contributed by atoms with van der Waals surface area (Å²) in [6, 6.07) is 5.23. The number of carbonyl (C=O) groups excluding carboxylic acids is 1. The maximum atomic E-state index is 12.1. The smallest absolute Gasteiger partial charge is 0.231 e. The first kappa shape index (κ1) is 12.2. The van der Waals surface area contributed by atoms with Gasteiger partial charge in [0.1, 0.15) is 0 Å². The van der Waals surface area contributed by atoms with Crippen LogP contribution in [0.15, 0.2) is 12.1 Å².